The Balaban J connectivity index is 1.71. The quantitative estimate of drug-likeness (QED) is 0.291. The number of nitrogens with zero attached hydrogens (tertiary/aromatic N) is 2. The third-order valence-electron chi connectivity index (χ3n) is 4.90. The van der Waals surface area contributed by atoms with Gasteiger partial charge in [-0.25, -0.2) is 9.59 Å². The zero-order valence-corrected chi connectivity index (χ0v) is 20.2. The van der Waals surface area contributed by atoms with Crippen LogP contribution in [0.25, 0.3) is 0 Å². The number of nitrogens with one attached hydrogen (secondary N) is 3. The first-order valence-electron chi connectivity index (χ1n) is 10.5. The molecular formula is C22H17ClF6N6O4. The molecule has 0 fully saturated rings. The number of urea groups is 1. The van der Waals surface area contributed by atoms with Gasteiger partial charge in [0.2, 0.25) is 0 Å². The van der Waals surface area contributed by atoms with Gasteiger partial charge in [-0.3, -0.25) is 4.79 Å². The molecule has 0 aliphatic carbocycles. The first kappa shape index (κ1) is 29.1. The highest BCUT2D eigenvalue weighted by Gasteiger charge is 2.42. The van der Waals surface area contributed by atoms with Gasteiger partial charge in [0.25, 0.3) is 5.91 Å². The van der Waals surface area contributed by atoms with Crippen LogP contribution in [0.3, 0.4) is 0 Å². The highest BCUT2D eigenvalue weighted by atomic mass is 35.5. The van der Waals surface area contributed by atoms with Crippen LogP contribution in [-0.4, -0.2) is 34.0 Å². The fraction of sp³-hybridized carbons (Fsp3) is 0.182. The van der Waals surface area contributed by atoms with Crippen LogP contribution in [0.15, 0.2) is 48.7 Å². The average molecular weight is 579 g/mol. The molecule has 1 heterocycles. The van der Waals surface area contributed by atoms with Gasteiger partial charge < -0.3 is 26.5 Å². The Morgan fingerprint density at radius 3 is 2.31 bits per heavy atom. The summed E-state index contributed by atoms with van der Waals surface area (Å²) >= 11 is 5.84. The molecule has 5 N–H and O–H groups in total. The molecular weight excluding hydrogens is 562 g/mol. The molecule has 17 heteroatoms. The molecule has 0 aliphatic heterocycles. The average Bonchev–Trinajstić information content (AvgIpc) is 3.21. The Morgan fingerprint density at radius 1 is 1.03 bits per heavy atom. The van der Waals surface area contributed by atoms with Crippen molar-refractivity contribution in [2.24, 2.45) is 5.73 Å². The number of benzene rings is 2. The molecule has 0 saturated heterocycles. The van der Waals surface area contributed by atoms with E-state index >= 15 is 0 Å². The second kappa shape index (κ2) is 11.1. The molecule has 0 spiro atoms. The van der Waals surface area contributed by atoms with Gasteiger partial charge in [0, 0.05) is 11.7 Å². The number of hydrogen-bond acceptors (Lipinski definition) is 6. The van der Waals surface area contributed by atoms with E-state index in [1.54, 1.807) is 13.0 Å². The molecule has 2 aromatic carbocycles. The van der Waals surface area contributed by atoms with Crippen LogP contribution in [-0.2, 0) is 11.0 Å². The van der Waals surface area contributed by atoms with E-state index < -0.39 is 47.6 Å². The summed E-state index contributed by atoms with van der Waals surface area (Å²) in [5, 5.41) is 10.7. The molecule has 39 heavy (non-hydrogen) atoms. The van der Waals surface area contributed by atoms with Gasteiger partial charge in [0.1, 0.15) is 0 Å². The Bertz CT molecular complexity index is 1410. The van der Waals surface area contributed by atoms with Gasteiger partial charge in [-0.2, -0.15) is 26.3 Å². The van der Waals surface area contributed by atoms with E-state index in [0.29, 0.717) is 11.6 Å². The van der Waals surface area contributed by atoms with Crippen molar-refractivity contribution in [2.75, 3.05) is 16.0 Å². The van der Waals surface area contributed by atoms with E-state index in [1.165, 1.54) is 18.2 Å². The first-order valence-corrected chi connectivity index (χ1v) is 10.9. The van der Waals surface area contributed by atoms with E-state index in [-0.39, 0.29) is 26.9 Å². The SMILES string of the molecule is CC(Nc1cn(OC(=O)C(F)(F)F)nc1C(N)=O)c1cccc(NC(=O)Nc2ccc(C(F)(F)F)cc2Cl)c1. The van der Waals surface area contributed by atoms with E-state index in [9.17, 15) is 40.7 Å². The van der Waals surface area contributed by atoms with Gasteiger partial charge >= 0.3 is 24.4 Å². The van der Waals surface area contributed by atoms with Gasteiger partial charge in [-0.05, 0) is 42.8 Å². The smallest absolute Gasteiger partial charge is 0.375 e. The lowest BCUT2D eigenvalue weighted by Crippen LogP contribution is -2.33. The summed E-state index contributed by atoms with van der Waals surface area (Å²) in [6, 6.07) is 7.06. The molecule has 0 saturated carbocycles. The van der Waals surface area contributed by atoms with Crippen molar-refractivity contribution >= 4 is 46.6 Å². The molecule has 3 amide bonds. The minimum Gasteiger partial charge on any atom is -0.375 e. The Hall–Kier alpha value is -4.47. The van der Waals surface area contributed by atoms with Crippen LogP contribution in [0, 0.1) is 0 Å². The molecule has 208 valence electrons. The van der Waals surface area contributed by atoms with E-state index in [2.05, 4.69) is 25.9 Å². The summed E-state index contributed by atoms with van der Waals surface area (Å²) in [5.41, 5.74) is 4.21. The fourth-order valence-corrected chi connectivity index (χ4v) is 3.33. The van der Waals surface area contributed by atoms with Crippen molar-refractivity contribution in [3.63, 3.8) is 0 Å². The van der Waals surface area contributed by atoms with Crippen LogP contribution in [0.5, 0.6) is 0 Å². The number of alkyl halides is 6. The zero-order chi connectivity index (χ0) is 29.1. The summed E-state index contributed by atoms with van der Waals surface area (Å²) in [6.07, 6.45) is -9.11. The maximum Gasteiger partial charge on any atom is 0.493 e. The lowest BCUT2D eigenvalue weighted by molar-refractivity contribution is -0.201. The number of anilines is 3. The van der Waals surface area contributed by atoms with Crippen molar-refractivity contribution in [2.45, 2.75) is 25.3 Å². The standard InChI is InChI=1S/C22H17ClF6N6O4/c1-10(31-16-9-35(34-17(16)18(30)36)39-19(37)22(27,28)29)11-3-2-4-13(7-11)32-20(38)33-15-6-5-12(8-14(15)23)21(24,25)26/h2-10,31H,1H3,(H2,30,36)(H2,32,33,38). The van der Waals surface area contributed by atoms with Gasteiger partial charge in [-0.1, -0.05) is 28.6 Å². The molecule has 1 aromatic heterocycles. The van der Waals surface area contributed by atoms with Crippen LogP contribution in [0.4, 0.5) is 48.2 Å². The van der Waals surface area contributed by atoms with Crippen LogP contribution in [0.1, 0.15) is 34.6 Å². The van der Waals surface area contributed by atoms with Crippen molar-refractivity contribution in [3.05, 3.63) is 70.5 Å². The van der Waals surface area contributed by atoms with Crippen molar-refractivity contribution in [3.8, 4) is 0 Å². The second-order valence-corrected chi connectivity index (χ2v) is 8.20. The van der Waals surface area contributed by atoms with Gasteiger partial charge in [0.05, 0.1) is 28.2 Å². The Kier molecular flexibility index (Phi) is 8.28. The number of hydrogen-bond donors (Lipinski definition) is 4. The van der Waals surface area contributed by atoms with E-state index in [0.717, 1.165) is 18.3 Å². The predicted molar refractivity (Wildman–Crippen MR) is 126 cm³/mol. The summed E-state index contributed by atoms with van der Waals surface area (Å²) in [5.74, 6) is -3.70. The molecule has 10 nitrogen and oxygen atoms in total. The molecule has 0 radical (unpaired) electrons. The third-order valence-corrected chi connectivity index (χ3v) is 5.21. The lowest BCUT2D eigenvalue weighted by Gasteiger charge is -2.16. The van der Waals surface area contributed by atoms with E-state index in [4.69, 9.17) is 17.3 Å². The maximum absolute atomic E-state index is 12.8. The van der Waals surface area contributed by atoms with Crippen LogP contribution >= 0.6 is 11.6 Å². The number of carbonyl (C=O) groups is 3. The summed E-state index contributed by atoms with van der Waals surface area (Å²) in [4.78, 5) is 39.3. The number of amides is 3. The maximum atomic E-state index is 12.8. The molecule has 0 bridgehead atoms. The summed E-state index contributed by atoms with van der Waals surface area (Å²) in [7, 11) is 0. The number of primary amides is 1. The number of nitrogens with two attached hydrogens (primary N) is 1. The van der Waals surface area contributed by atoms with Crippen molar-refractivity contribution < 1.29 is 45.6 Å². The topological polar surface area (TPSA) is 140 Å². The van der Waals surface area contributed by atoms with Crippen LogP contribution in [0.2, 0.25) is 5.02 Å². The number of rotatable bonds is 7. The number of aromatic nitrogens is 2. The Morgan fingerprint density at radius 2 is 1.72 bits per heavy atom. The Labute approximate surface area is 220 Å². The monoisotopic (exact) mass is 578 g/mol. The minimum atomic E-state index is -5.31. The highest BCUT2D eigenvalue weighted by Crippen LogP contribution is 2.34. The van der Waals surface area contributed by atoms with Gasteiger partial charge in [-0.15, -0.1) is 5.10 Å². The van der Waals surface area contributed by atoms with E-state index in [1.807, 2.05) is 0 Å². The fourth-order valence-electron chi connectivity index (χ4n) is 3.10. The number of carbonyl (C=O) groups excluding carboxylic acids is 3. The summed E-state index contributed by atoms with van der Waals surface area (Å²) in [6.45, 7) is 1.59. The largest absolute Gasteiger partial charge is 0.493 e. The third kappa shape index (κ3) is 7.53. The molecule has 3 aromatic rings. The van der Waals surface area contributed by atoms with Crippen LogP contribution < -0.4 is 26.5 Å². The first-order chi connectivity index (χ1) is 18.0. The van der Waals surface area contributed by atoms with Gasteiger partial charge in [0.15, 0.2) is 5.69 Å². The van der Waals surface area contributed by atoms with Crippen molar-refractivity contribution in [1.82, 2.24) is 9.94 Å². The molecule has 3 rings (SSSR count). The number of halogens is 7. The minimum absolute atomic E-state index is 0.0735. The molecule has 0 aliphatic rings. The summed E-state index contributed by atoms with van der Waals surface area (Å²) < 4.78 is 75.8. The van der Waals surface area contributed by atoms with Crippen molar-refractivity contribution in [1.29, 1.82) is 0 Å². The molecule has 1 atom stereocenters. The zero-order valence-electron chi connectivity index (χ0n) is 19.4. The molecule has 1 unspecified atom stereocenters. The lowest BCUT2D eigenvalue weighted by atomic mass is 10.1. The second-order valence-electron chi connectivity index (χ2n) is 7.80. The highest BCUT2D eigenvalue weighted by molar-refractivity contribution is 6.33. The normalized spacial score (nSPS) is 12.4. The predicted octanol–water partition coefficient (Wildman–Crippen LogP) is 4.99.